The lowest BCUT2D eigenvalue weighted by atomic mass is 10.2. The zero-order valence-electron chi connectivity index (χ0n) is 9.42. The molecular weight excluding hydrogens is 180 g/mol. The number of rotatable bonds is 7. The Labute approximate surface area is 86.3 Å². The summed E-state index contributed by atoms with van der Waals surface area (Å²) in [6.45, 7) is 5.56. The molecule has 0 spiro atoms. The van der Waals surface area contributed by atoms with Crippen LogP contribution in [0.4, 0.5) is 0 Å². The third kappa shape index (κ3) is 5.19. The van der Waals surface area contributed by atoms with Crippen LogP contribution in [0.2, 0.25) is 0 Å². The normalized spacial score (nSPS) is 12.6. The molecule has 0 aromatic heterocycles. The molecule has 0 heterocycles. The molecule has 0 aromatic rings. The van der Waals surface area contributed by atoms with Gasteiger partial charge in [-0.2, -0.15) is 0 Å². The van der Waals surface area contributed by atoms with Crippen LogP contribution < -0.4 is 5.32 Å². The summed E-state index contributed by atoms with van der Waals surface area (Å²) < 4.78 is 0. The summed E-state index contributed by atoms with van der Waals surface area (Å²) in [5.41, 5.74) is 0. The summed E-state index contributed by atoms with van der Waals surface area (Å²) in [7, 11) is 1.80. The Balaban J connectivity index is 3.62. The van der Waals surface area contributed by atoms with E-state index < -0.39 is 0 Å². The molecule has 1 atom stereocenters. The van der Waals surface area contributed by atoms with Crippen LogP contribution in [0.25, 0.3) is 0 Å². The van der Waals surface area contributed by atoms with Crippen molar-refractivity contribution in [1.29, 1.82) is 0 Å². The largest absolute Gasteiger partial charge is 0.396 e. The molecule has 0 aliphatic rings. The highest BCUT2D eigenvalue weighted by atomic mass is 16.2. The molecule has 0 aliphatic heterocycles. The zero-order valence-corrected chi connectivity index (χ0v) is 9.42. The van der Waals surface area contributed by atoms with E-state index in [1.807, 2.05) is 13.8 Å². The number of hydrogen-bond acceptors (Lipinski definition) is 3. The van der Waals surface area contributed by atoms with E-state index in [9.17, 15) is 4.79 Å². The predicted molar refractivity (Wildman–Crippen MR) is 57.1 cm³/mol. The fraction of sp³-hybridized carbons (Fsp3) is 0.900. The first kappa shape index (κ1) is 13.4. The van der Waals surface area contributed by atoms with Gasteiger partial charge in [-0.3, -0.25) is 4.79 Å². The molecule has 1 unspecified atom stereocenters. The summed E-state index contributed by atoms with van der Waals surface area (Å²) in [6, 6.07) is -0.126. The predicted octanol–water partition coefficient (Wildman–Crippen LogP) is 0.215. The number of nitrogens with one attached hydrogen (secondary N) is 1. The molecule has 84 valence electrons. The maximum absolute atomic E-state index is 11.6. The lowest BCUT2D eigenvalue weighted by molar-refractivity contribution is -0.131. The highest BCUT2D eigenvalue weighted by molar-refractivity contribution is 5.81. The van der Waals surface area contributed by atoms with Crippen molar-refractivity contribution < 1.29 is 9.90 Å². The number of carbonyl (C=O) groups is 1. The quantitative estimate of drug-likeness (QED) is 0.580. The minimum absolute atomic E-state index is 0.122. The molecule has 0 saturated heterocycles. The second-order valence-electron chi connectivity index (χ2n) is 3.46. The third-order valence-electron chi connectivity index (χ3n) is 2.26. The van der Waals surface area contributed by atoms with Gasteiger partial charge in [0.1, 0.15) is 0 Å². The van der Waals surface area contributed by atoms with Gasteiger partial charge in [0.05, 0.1) is 6.04 Å². The third-order valence-corrected chi connectivity index (χ3v) is 2.26. The minimum atomic E-state index is -0.126. The van der Waals surface area contributed by atoms with Crippen molar-refractivity contribution in [2.45, 2.75) is 32.7 Å². The van der Waals surface area contributed by atoms with E-state index in [2.05, 4.69) is 5.32 Å². The van der Waals surface area contributed by atoms with Gasteiger partial charge in [-0.05, 0) is 33.2 Å². The number of hydrogen-bond donors (Lipinski definition) is 2. The smallest absolute Gasteiger partial charge is 0.239 e. The molecule has 0 aromatic carbocycles. The lowest BCUT2D eigenvalue weighted by Gasteiger charge is -2.20. The maximum atomic E-state index is 11.6. The maximum Gasteiger partial charge on any atom is 0.239 e. The van der Waals surface area contributed by atoms with Gasteiger partial charge in [-0.15, -0.1) is 0 Å². The summed E-state index contributed by atoms with van der Waals surface area (Å²) in [4.78, 5) is 13.2. The molecule has 0 rings (SSSR count). The van der Waals surface area contributed by atoms with Gasteiger partial charge in [0.15, 0.2) is 0 Å². The number of unbranched alkanes of at least 4 members (excludes halogenated alkanes) is 1. The Morgan fingerprint density at radius 1 is 1.50 bits per heavy atom. The lowest BCUT2D eigenvalue weighted by Crippen LogP contribution is -2.43. The van der Waals surface area contributed by atoms with Crippen LogP contribution >= 0.6 is 0 Å². The zero-order chi connectivity index (χ0) is 11.0. The summed E-state index contributed by atoms with van der Waals surface area (Å²) >= 11 is 0. The van der Waals surface area contributed by atoms with Crippen molar-refractivity contribution in [3.05, 3.63) is 0 Å². The number of carbonyl (C=O) groups excluding carboxylic acids is 1. The van der Waals surface area contributed by atoms with Crippen molar-refractivity contribution in [1.82, 2.24) is 10.2 Å². The second-order valence-corrected chi connectivity index (χ2v) is 3.46. The van der Waals surface area contributed by atoms with Gasteiger partial charge >= 0.3 is 0 Å². The van der Waals surface area contributed by atoms with Crippen molar-refractivity contribution in [3.8, 4) is 0 Å². The van der Waals surface area contributed by atoms with Crippen molar-refractivity contribution in [2.75, 3.05) is 26.7 Å². The summed E-state index contributed by atoms with van der Waals surface area (Å²) in [5, 5.41) is 11.7. The average Bonchev–Trinajstić information content (AvgIpc) is 2.21. The second kappa shape index (κ2) is 7.76. The van der Waals surface area contributed by atoms with E-state index in [1.165, 1.54) is 0 Å². The van der Waals surface area contributed by atoms with E-state index >= 15 is 0 Å². The molecule has 0 fully saturated rings. The van der Waals surface area contributed by atoms with Crippen LogP contribution in [0.5, 0.6) is 0 Å². The van der Waals surface area contributed by atoms with Gasteiger partial charge in [0.2, 0.25) is 5.91 Å². The highest BCUT2D eigenvalue weighted by Crippen LogP contribution is 1.92. The van der Waals surface area contributed by atoms with E-state index in [1.54, 1.807) is 11.9 Å². The number of aliphatic hydroxyl groups excluding tert-OH is 1. The molecule has 1 amide bonds. The Bertz CT molecular complexity index is 162. The summed E-state index contributed by atoms with van der Waals surface area (Å²) in [5.74, 6) is 0.122. The monoisotopic (exact) mass is 202 g/mol. The van der Waals surface area contributed by atoms with Crippen LogP contribution in [0.15, 0.2) is 0 Å². The van der Waals surface area contributed by atoms with Gasteiger partial charge in [-0.25, -0.2) is 0 Å². The van der Waals surface area contributed by atoms with E-state index in [4.69, 9.17) is 5.11 Å². The standard InChI is InChI=1S/C10H22N2O2/c1-4-12(3)10(14)9(2)11-7-5-6-8-13/h9,11,13H,4-8H2,1-3H3. The van der Waals surface area contributed by atoms with Crippen molar-refractivity contribution in [2.24, 2.45) is 0 Å². The van der Waals surface area contributed by atoms with Gasteiger partial charge in [-0.1, -0.05) is 0 Å². The van der Waals surface area contributed by atoms with Gasteiger partial charge in [0, 0.05) is 20.2 Å². The fourth-order valence-electron chi connectivity index (χ4n) is 1.13. The molecule has 0 radical (unpaired) electrons. The van der Waals surface area contributed by atoms with Gasteiger partial charge < -0.3 is 15.3 Å². The van der Waals surface area contributed by atoms with E-state index in [-0.39, 0.29) is 18.6 Å². The fourth-order valence-corrected chi connectivity index (χ4v) is 1.13. The molecule has 4 heteroatoms. The SMILES string of the molecule is CCN(C)C(=O)C(C)NCCCCO. The molecule has 2 N–H and O–H groups in total. The number of aliphatic hydroxyl groups is 1. The van der Waals surface area contributed by atoms with E-state index in [0.29, 0.717) is 0 Å². The van der Waals surface area contributed by atoms with Crippen LogP contribution in [0.1, 0.15) is 26.7 Å². The van der Waals surface area contributed by atoms with Crippen LogP contribution in [-0.4, -0.2) is 48.7 Å². The molecule has 0 saturated carbocycles. The van der Waals surface area contributed by atoms with E-state index in [0.717, 1.165) is 25.9 Å². The Morgan fingerprint density at radius 3 is 2.64 bits per heavy atom. The highest BCUT2D eigenvalue weighted by Gasteiger charge is 2.14. The molecule has 4 nitrogen and oxygen atoms in total. The van der Waals surface area contributed by atoms with Gasteiger partial charge in [0.25, 0.3) is 0 Å². The number of likely N-dealkylation sites (N-methyl/N-ethyl adjacent to an activating group) is 1. The summed E-state index contributed by atoms with van der Waals surface area (Å²) in [6.07, 6.45) is 1.70. The Morgan fingerprint density at radius 2 is 2.14 bits per heavy atom. The van der Waals surface area contributed by atoms with Crippen LogP contribution in [-0.2, 0) is 4.79 Å². The average molecular weight is 202 g/mol. The minimum Gasteiger partial charge on any atom is -0.396 e. The van der Waals surface area contributed by atoms with Crippen molar-refractivity contribution >= 4 is 5.91 Å². The number of amides is 1. The molecule has 0 bridgehead atoms. The Kier molecular flexibility index (Phi) is 7.42. The van der Waals surface area contributed by atoms with Crippen LogP contribution in [0.3, 0.4) is 0 Å². The first-order chi connectivity index (χ1) is 6.63. The first-order valence-corrected chi connectivity index (χ1v) is 5.22. The molecular formula is C10H22N2O2. The topological polar surface area (TPSA) is 52.6 Å². The van der Waals surface area contributed by atoms with Crippen molar-refractivity contribution in [3.63, 3.8) is 0 Å². The first-order valence-electron chi connectivity index (χ1n) is 5.22. The van der Waals surface area contributed by atoms with Crippen LogP contribution in [0, 0.1) is 0 Å². The molecule has 0 aliphatic carbocycles. The molecule has 14 heavy (non-hydrogen) atoms. The number of nitrogens with zero attached hydrogens (tertiary/aromatic N) is 1. The Hall–Kier alpha value is -0.610.